The fourth-order valence-electron chi connectivity index (χ4n) is 0.920. The molecule has 0 saturated heterocycles. The van der Waals surface area contributed by atoms with Gasteiger partial charge in [0, 0.05) is 6.42 Å². The zero-order valence-electron chi connectivity index (χ0n) is 8.93. The van der Waals surface area contributed by atoms with E-state index in [1.807, 2.05) is 13.8 Å². The summed E-state index contributed by atoms with van der Waals surface area (Å²) in [5.74, 6) is -0.0910. The molecule has 0 fully saturated rings. The molecular weight excluding hydrogens is 164 g/mol. The smallest absolute Gasteiger partial charge is 0.306 e. The van der Waals surface area contributed by atoms with Gasteiger partial charge in [0.15, 0.2) is 0 Å². The number of carbonyl (C=O) groups excluding carboxylic acids is 1. The molecule has 0 N–H and O–H groups in total. The summed E-state index contributed by atoms with van der Waals surface area (Å²) in [6.07, 6.45) is 5.72. The molecule has 0 rings (SSSR count). The molecule has 0 saturated carbocycles. The van der Waals surface area contributed by atoms with Gasteiger partial charge in [-0.25, -0.2) is 0 Å². The molecule has 76 valence electrons. The Morgan fingerprint density at radius 3 is 2.54 bits per heavy atom. The average molecular weight is 184 g/mol. The lowest BCUT2D eigenvalue weighted by Crippen LogP contribution is -2.05. The maximum absolute atomic E-state index is 11.0. The highest BCUT2D eigenvalue weighted by molar-refractivity contribution is 5.69. The van der Waals surface area contributed by atoms with Crippen LogP contribution in [0.4, 0.5) is 0 Å². The molecule has 2 nitrogen and oxygen atoms in total. The number of hydrogen-bond acceptors (Lipinski definition) is 2. The van der Waals surface area contributed by atoms with Crippen LogP contribution in [-0.2, 0) is 9.53 Å². The molecule has 0 aromatic heterocycles. The number of hydrogen-bond donors (Lipinski definition) is 0. The molecular formula is C11H20O2. The minimum Gasteiger partial charge on any atom is -0.461 e. The molecule has 0 spiro atoms. The molecule has 0 aromatic rings. The zero-order valence-corrected chi connectivity index (χ0v) is 8.93. The molecule has 0 radical (unpaired) electrons. The first-order valence-corrected chi connectivity index (χ1v) is 5.02. The van der Waals surface area contributed by atoms with Gasteiger partial charge >= 0.3 is 5.97 Å². The van der Waals surface area contributed by atoms with Crippen LogP contribution < -0.4 is 0 Å². The van der Waals surface area contributed by atoms with E-state index in [1.54, 1.807) is 0 Å². The molecule has 0 aliphatic heterocycles. The van der Waals surface area contributed by atoms with Crippen LogP contribution in [0.5, 0.6) is 0 Å². The van der Waals surface area contributed by atoms with Crippen molar-refractivity contribution in [2.45, 2.75) is 46.5 Å². The Labute approximate surface area is 81.0 Å². The molecule has 0 unspecified atom stereocenters. The van der Waals surface area contributed by atoms with Crippen molar-refractivity contribution in [3.8, 4) is 0 Å². The molecule has 2 heteroatoms. The van der Waals surface area contributed by atoms with Crippen LogP contribution >= 0.6 is 0 Å². The fourth-order valence-corrected chi connectivity index (χ4v) is 0.920. The maximum Gasteiger partial charge on any atom is 0.306 e. The van der Waals surface area contributed by atoms with Crippen LogP contribution in [0.1, 0.15) is 46.5 Å². The van der Waals surface area contributed by atoms with Crippen molar-refractivity contribution in [2.24, 2.45) is 0 Å². The number of unbranched alkanes of at least 4 members (excludes halogenated alkanes) is 1. The van der Waals surface area contributed by atoms with E-state index in [0.29, 0.717) is 13.0 Å². The second-order valence-electron chi connectivity index (χ2n) is 3.25. The standard InChI is InChI=1S/C11H20O2/c1-4-6-8-10(3)9-13-11(12)7-5-2/h8H,4-7,9H2,1-3H3. The first-order valence-electron chi connectivity index (χ1n) is 5.02. The minimum atomic E-state index is -0.0910. The van der Waals surface area contributed by atoms with Crippen molar-refractivity contribution in [3.05, 3.63) is 11.6 Å². The van der Waals surface area contributed by atoms with Gasteiger partial charge in [-0.2, -0.15) is 0 Å². The highest BCUT2D eigenvalue weighted by atomic mass is 16.5. The van der Waals surface area contributed by atoms with E-state index in [-0.39, 0.29) is 5.97 Å². The molecule has 0 bridgehead atoms. The Balaban J connectivity index is 3.56. The lowest BCUT2D eigenvalue weighted by atomic mass is 10.2. The monoisotopic (exact) mass is 184 g/mol. The van der Waals surface area contributed by atoms with Gasteiger partial charge in [-0.05, 0) is 25.3 Å². The third kappa shape index (κ3) is 7.57. The van der Waals surface area contributed by atoms with Crippen LogP contribution in [0, 0.1) is 0 Å². The van der Waals surface area contributed by atoms with Gasteiger partial charge in [-0.1, -0.05) is 26.3 Å². The van der Waals surface area contributed by atoms with Crippen LogP contribution in [0.15, 0.2) is 11.6 Å². The minimum absolute atomic E-state index is 0.0910. The predicted molar refractivity (Wildman–Crippen MR) is 54.5 cm³/mol. The summed E-state index contributed by atoms with van der Waals surface area (Å²) in [5, 5.41) is 0. The average Bonchev–Trinajstić information content (AvgIpc) is 2.12. The molecule has 0 amide bonds. The Hall–Kier alpha value is -0.790. The summed E-state index contributed by atoms with van der Waals surface area (Å²) in [7, 11) is 0. The highest BCUT2D eigenvalue weighted by Gasteiger charge is 1.99. The molecule has 0 aromatic carbocycles. The number of rotatable bonds is 6. The number of esters is 1. The highest BCUT2D eigenvalue weighted by Crippen LogP contribution is 2.00. The molecule has 0 heterocycles. The Morgan fingerprint density at radius 1 is 1.31 bits per heavy atom. The van der Waals surface area contributed by atoms with E-state index >= 15 is 0 Å². The summed E-state index contributed by atoms with van der Waals surface area (Å²) in [4.78, 5) is 11.0. The van der Waals surface area contributed by atoms with E-state index in [9.17, 15) is 4.79 Å². The third-order valence-electron chi connectivity index (χ3n) is 1.70. The van der Waals surface area contributed by atoms with Crippen LogP contribution in [0.3, 0.4) is 0 Å². The fraction of sp³-hybridized carbons (Fsp3) is 0.727. The van der Waals surface area contributed by atoms with Crippen molar-refractivity contribution >= 4 is 5.97 Å². The summed E-state index contributed by atoms with van der Waals surface area (Å²) in [6.45, 7) is 6.56. The molecule has 0 aliphatic carbocycles. The van der Waals surface area contributed by atoms with Crippen LogP contribution in [0.25, 0.3) is 0 Å². The maximum atomic E-state index is 11.0. The van der Waals surface area contributed by atoms with Gasteiger partial charge in [0.1, 0.15) is 6.61 Å². The third-order valence-corrected chi connectivity index (χ3v) is 1.70. The molecule has 0 aliphatic rings. The molecule has 13 heavy (non-hydrogen) atoms. The first-order chi connectivity index (χ1) is 6.20. The van der Waals surface area contributed by atoms with Gasteiger partial charge in [0.2, 0.25) is 0 Å². The SMILES string of the molecule is CCCC=C(C)COC(=O)CCC. The van der Waals surface area contributed by atoms with E-state index in [1.165, 1.54) is 0 Å². The van der Waals surface area contributed by atoms with Gasteiger partial charge < -0.3 is 4.74 Å². The first kappa shape index (κ1) is 12.2. The summed E-state index contributed by atoms with van der Waals surface area (Å²) < 4.78 is 5.03. The van der Waals surface area contributed by atoms with Crippen LogP contribution in [0.2, 0.25) is 0 Å². The van der Waals surface area contributed by atoms with E-state index in [4.69, 9.17) is 4.74 Å². The van der Waals surface area contributed by atoms with Gasteiger partial charge in [-0.15, -0.1) is 0 Å². The van der Waals surface area contributed by atoms with E-state index in [0.717, 1.165) is 24.8 Å². The summed E-state index contributed by atoms with van der Waals surface area (Å²) in [6, 6.07) is 0. The van der Waals surface area contributed by atoms with E-state index in [2.05, 4.69) is 13.0 Å². The lowest BCUT2D eigenvalue weighted by Gasteiger charge is -2.03. The molecule has 0 atom stereocenters. The second kappa shape index (κ2) is 7.84. The zero-order chi connectivity index (χ0) is 10.1. The van der Waals surface area contributed by atoms with Gasteiger partial charge in [0.05, 0.1) is 0 Å². The predicted octanol–water partition coefficient (Wildman–Crippen LogP) is 3.08. The Bertz CT molecular complexity index is 171. The van der Waals surface area contributed by atoms with Gasteiger partial charge in [0.25, 0.3) is 0 Å². The van der Waals surface area contributed by atoms with Crippen LogP contribution in [-0.4, -0.2) is 12.6 Å². The van der Waals surface area contributed by atoms with Crippen molar-refractivity contribution in [1.29, 1.82) is 0 Å². The number of allylic oxidation sites excluding steroid dienone is 1. The Kier molecular flexibility index (Phi) is 7.36. The van der Waals surface area contributed by atoms with Gasteiger partial charge in [-0.3, -0.25) is 4.79 Å². The van der Waals surface area contributed by atoms with Crippen molar-refractivity contribution in [3.63, 3.8) is 0 Å². The second-order valence-corrected chi connectivity index (χ2v) is 3.25. The van der Waals surface area contributed by atoms with Crippen molar-refractivity contribution in [1.82, 2.24) is 0 Å². The lowest BCUT2D eigenvalue weighted by molar-refractivity contribution is -0.142. The quantitative estimate of drug-likeness (QED) is 0.468. The summed E-state index contributed by atoms with van der Waals surface area (Å²) in [5.41, 5.74) is 1.14. The van der Waals surface area contributed by atoms with E-state index < -0.39 is 0 Å². The number of carbonyl (C=O) groups is 1. The number of ether oxygens (including phenoxy) is 1. The van der Waals surface area contributed by atoms with Crippen molar-refractivity contribution in [2.75, 3.05) is 6.61 Å². The normalized spacial score (nSPS) is 11.5. The largest absolute Gasteiger partial charge is 0.461 e. The summed E-state index contributed by atoms with van der Waals surface area (Å²) >= 11 is 0. The topological polar surface area (TPSA) is 26.3 Å². The van der Waals surface area contributed by atoms with Crippen molar-refractivity contribution < 1.29 is 9.53 Å². The Morgan fingerprint density at radius 2 is 2.00 bits per heavy atom.